The maximum absolute atomic E-state index is 5.57. The quantitative estimate of drug-likeness (QED) is 0.184. The molecule has 0 spiro atoms. The van der Waals surface area contributed by atoms with Gasteiger partial charge in [-0.05, 0) is 76.2 Å². The third-order valence-corrected chi connectivity index (χ3v) is 12.1. The molecular formula is C51H34N4. The molecule has 0 aliphatic heterocycles. The summed E-state index contributed by atoms with van der Waals surface area (Å²) in [6.07, 6.45) is 0. The van der Waals surface area contributed by atoms with Crippen molar-refractivity contribution in [3.05, 3.63) is 181 Å². The molecule has 12 rings (SSSR count). The zero-order valence-electron chi connectivity index (χ0n) is 30.5. The molecule has 0 saturated carbocycles. The van der Waals surface area contributed by atoms with Crippen molar-refractivity contribution >= 4 is 65.3 Å². The third kappa shape index (κ3) is 4.11. The van der Waals surface area contributed by atoms with Gasteiger partial charge in [0.15, 0.2) is 5.82 Å². The fourth-order valence-electron chi connectivity index (χ4n) is 9.71. The van der Waals surface area contributed by atoms with E-state index in [1.54, 1.807) is 0 Å². The molecule has 11 aromatic rings. The van der Waals surface area contributed by atoms with E-state index in [1.165, 1.54) is 71.3 Å². The van der Waals surface area contributed by atoms with Crippen LogP contribution < -0.4 is 0 Å². The van der Waals surface area contributed by atoms with Gasteiger partial charge in [0.05, 0.1) is 33.3 Å². The topological polar surface area (TPSA) is 35.6 Å². The van der Waals surface area contributed by atoms with Gasteiger partial charge in [-0.25, -0.2) is 9.97 Å². The highest BCUT2D eigenvalue weighted by Gasteiger charge is 2.38. The minimum Gasteiger partial charge on any atom is -0.309 e. The second kappa shape index (κ2) is 11.0. The Morgan fingerprint density at radius 2 is 1.00 bits per heavy atom. The maximum atomic E-state index is 5.57. The molecule has 3 aromatic heterocycles. The number of benzene rings is 8. The molecule has 0 radical (unpaired) electrons. The molecule has 4 heteroatoms. The van der Waals surface area contributed by atoms with Gasteiger partial charge < -0.3 is 4.57 Å². The van der Waals surface area contributed by atoms with E-state index < -0.39 is 0 Å². The summed E-state index contributed by atoms with van der Waals surface area (Å²) in [6, 6.07) is 61.5. The minimum absolute atomic E-state index is 0.197. The predicted octanol–water partition coefficient (Wildman–Crippen LogP) is 13.0. The molecule has 0 N–H and O–H groups in total. The number of hydrogen-bond donors (Lipinski definition) is 0. The fourth-order valence-corrected chi connectivity index (χ4v) is 9.71. The molecule has 4 nitrogen and oxygen atoms in total. The van der Waals surface area contributed by atoms with E-state index in [2.05, 4.69) is 193 Å². The van der Waals surface area contributed by atoms with Crippen LogP contribution in [0.25, 0.3) is 99.3 Å². The molecule has 8 aromatic carbocycles. The normalized spacial score (nSPS) is 13.4. The van der Waals surface area contributed by atoms with Gasteiger partial charge >= 0.3 is 0 Å². The van der Waals surface area contributed by atoms with Crippen LogP contribution in [0.15, 0.2) is 170 Å². The Morgan fingerprint density at radius 1 is 0.418 bits per heavy atom. The molecule has 0 fully saturated rings. The Labute approximate surface area is 317 Å². The zero-order valence-corrected chi connectivity index (χ0v) is 30.5. The van der Waals surface area contributed by atoms with E-state index in [0.29, 0.717) is 0 Å². The molecule has 55 heavy (non-hydrogen) atoms. The lowest BCUT2D eigenvalue weighted by Gasteiger charge is -2.24. The van der Waals surface area contributed by atoms with Crippen LogP contribution >= 0.6 is 0 Å². The molecule has 0 saturated heterocycles. The first-order valence-electron chi connectivity index (χ1n) is 19.0. The molecular weight excluding hydrogens is 669 g/mol. The smallest absolute Gasteiger partial charge is 0.162 e. The van der Waals surface area contributed by atoms with Gasteiger partial charge in [-0.1, -0.05) is 135 Å². The Kier molecular flexibility index (Phi) is 6.09. The molecule has 0 amide bonds. The van der Waals surface area contributed by atoms with Gasteiger partial charge in [0.2, 0.25) is 0 Å². The van der Waals surface area contributed by atoms with Crippen molar-refractivity contribution in [2.75, 3.05) is 0 Å². The van der Waals surface area contributed by atoms with E-state index in [4.69, 9.17) is 9.97 Å². The second-order valence-corrected chi connectivity index (χ2v) is 15.4. The summed E-state index contributed by atoms with van der Waals surface area (Å²) in [5.41, 5.74) is 12.8. The van der Waals surface area contributed by atoms with Crippen molar-refractivity contribution in [1.82, 2.24) is 19.1 Å². The van der Waals surface area contributed by atoms with Crippen LogP contribution in [0.1, 0.15) is 25.0 Å². The first-order chi connectivity index (χ1) is 27.1. The van der Waals surface area contributed by atoms with Crippen molar-refractivity contribution in [3.63, 3.8) is 0 Å². The number of fused-ring (bicyclic) bond motifs is 11. The van der Waals surface area contributed by atoms with Gasteiger partial charge in [0, 0.05) is 43.3 Å². The molecule has 0 unspecified atom stereocenters. The Hall–Kier alpha value is -7.04. The van der Waals surface area contributed by atoms with Crippen LogP contribution in [0.3, 0.4) is 0 Å². The van der Waals surface area contributed by atoms with E-state index >= 15 is 0 Å². The lowest BCUT2D eigenvalue weighted by atomic mass is 9.80. The van der Waals surface area contributed by atoms with Crippen LogP contribution in [-0.2, 0) is 5.41 Å². The average molecular weight is 703 g/mol. The Morgan fingerprint density at radius 3 is 1.76 bits per heavy atom. The second-order valence-electron chi connectivity index (χ2n) is 15.4. The third-order valence-electron chi connectivity index (χ3n) is 12.1. The monoisotopic (exact) mass is 702 g/mol. The zero-order chi connectivity index (χ0) is 36.4. The van der Waals surface area contributed by atoms with E-state index in [9.17, 15) is 0 Å². The maximum Gasteiger partial charge on any atom is 0.162 e. The van der Waals surface area contributed by atoms with Crippen LogP contribution in [0, 0.1) is 0 Å². The standard InChI is InChI=1S/C51H34N4/c1-51(2)41-23-8-3-16-32(41)36-21-14-22-38(48(36)51)49-52-42-24-9-4-20-37(42)50(53-49)55-45-27-12-7-19-35(45)40-30-39-31(29-47(40)55)15-13-28-46(39)54-43-25-10-5-17-33(43)34-18-6-11-26-44(34)54/h3-30H,1-2H3. The number of nitrogens with zero attached hydrogens (tertiary/aromatic N) is 4. The van der Waals surface area contributed by atoms with Crippen LogP contribution in [0.5, 0.6) is 0 Å². The molecule has 1 aliphatic carbocycles. The van der Waals surface area contributed by atoms with Crippen LogP contribution in [0.2, 0.25) is 0 Å². The summed E-state index contributed by atoms with van der Waals surface area (Å²) in [7, 11) is 0. The predicted molar refractivity (Wildman–Crippen MR) is 229 cm³/mol. The summed E-state index contributed by atoms with van der Waals surface area (Å²) in [6.45, 7) is 4.66. The first-order valence-corrected chi connectivity index (χ1v) is 19.0. The lowest BCUT2D eigenvalue weighted by molar-refractivity contribution is 0.661. The fraction of sp³-hybridized carbons (Fsp3) is 0.0588. The van der Waals surface area contributed by atoms with Crippen molar-refractivity contribution in [3.8, 4) is 34.0 Å². The van der Waals surface area contributed by atoms with Crippen molar-refractivity contribution < 1.29 is 0 Å². The lowest BCUT2D eigenvalue weighted by Crippen LogP contribution is -2.17. The van der Waals surface area contributed by atoms with E-state index in [-0.39, 0.29) is 5.41 Å². The van der Waals surface area contributed by atoms with Crippen LogP contribution in [-0.4, -0.2) is 19.1 Å². The van der Waals surface area contributed by atoms with E-state index in [0.717, 1.165) is 39.1 Å². The first kappa shape index (κ1) is 30.4. The summed E-state index contributed by atoms with van der Waals surface area (Å²) in [5.74, 6) is 1.63. The van der Waals surface area contributed by atoms with Gasteiger partial charge in [0.25, 0.3) is 0 Å². The number of rotatable bonds is 3. The molecule has 0 bridgehead atoms. The highest BCUT2D eigenvalue weighted by Crippen LogP contribution is 2.52. The largest absolute Gasteiger partial charge is 0.309 e. The summed E-state index contributed by atoms with van der Waals surface area (Å²) >= 11 is 0. The Bertz CT molecular complexity index is 3360. The SMILES string of the molecule is CC1(C)c2ccccc2-c2cccc(-c3nc(-n4c5ccccc5c5cc6c(-n7c8ccccc8c8ccccc87)cccc6cc54)c4ccccc4n3)c21. The number of hydrogen-bond acceptors (Lipinski definition) is 2. The molecule has 1 aliphatic rings. The minimum atomic E-state index is -0.197. The van der Waals surface area contributed by atoms with Crippen molar-refractivity contribution in [2.24, 2.45) is 0 Å². The highest BCUT2D eigenvalue weighted by atomic mass is 15.1. The Balaban J connectivity index is 1.15. The van der Waals surface area contributed by atoms with Crippen molar-refractivity contribution in [2.45, 2.75) is 19.3 Å². The van der Waals surface area contributed by atoms with Crippen LogP contribution in [0.4, 0.5) is 0 Å². The summed E-state index contributed by atoms with van der Waals surface area (Å²) < 4.78 is 4.80. The van der Waals surface area contributed by atoms with E-state index in [1.807, 2.05) is 0 Å². The number of aromatic nitrogens is 4. The molecule has 0 atom stereocenters. The number of para-hydroxylation sites is 4. The van der Waals surface area contributed by atoms with Gasteiger partial charge in [-0.2, -0.15) is 0 Å². The van der Waals surface area contributed by atoms with Gasteiger partial charge in [-0.15, -0.1) is 0 Å². The molecule has 3 heterocycles. The highest BCUT2D eigenvalue weighted by molar-refractivity contribution is 6.16. The van der Waals surface area contributed by atoms with Gasteiger partial charge in [-0.3, -0.25) is 4.57 Å². The summed E-state index contributed by atoms with van der Waals surface area (Å²) in [5, 5.41) is 8.30. The molecule has 258 valence electrons. The summed E-state index contributed by atoms with van der Waals surface area (Å²) in [4.78, 5) is 10.9. The van der Waals surface area contributed by atoms with Gasteiger partial charge in [0.1, 0.15) is 5.82 Å². The average Bonchev–Trinajstić information content (AvgIpc) is 3.82. The van der Waals surface area contributed by atoms with Crippen molar-refractivity contribution in [1.29, 1.82) is 0 Å².